The molecule has 0 saturated carbocycles. The highest BCUT2D eigenvalue weighted by Gasteiger charge is 2.11. The minimum atomic E-state index is -0.328. The first-order valence-electron chi connectivity index (χ1n) is 5.25. The molecule has 0 fully saturated rings. The Kier molecular flexibility index (Phi) is 3.40. The van der Waals surface area contributed by atoms with E-state index in [9.17, 15) is 4.79 Å². The van der Waals surface area contributed by atoms with E-state index in [0.717, 1.165) is 0 Å². The van der Waals surface area contributed by atoms with E-state index in [0.29, 0.717) is 18.0 Å². The number of aromatic nitrogens is 1. The Morgan fingerprint density at radius 3 is 2.94 bits per heavy atom. The van der Waals surface area contributed by atoms with Crippen molar-refractivity contribution in [2.75, 3.05) is 11.9 Å². The maximum atomic E-state index is 11.7. The highest BCUT2D eigenvalue weighted by molar-refractivity contribution is 6.03. The Morgan fingerprint density at radius 2 is 2.24 bits per heavy atom. The van der Waals surface area contributed by atoms with Gasteiger partial charge in [0.1, 0.15) is 12.0 Å². The van der Waals surface area contributed by atoms with Crippen LogP contribution in [0.5, 0.6) is 5.75 Å². The molecule has 0 aliphatic rings. The molecule has 88 valence electrons. The molecule has 1 N–H and O–H groups in total. The maximum absolute atomic E-state index is 11.7. The van der Waals surface area contributed by atoms with Crippen LogP contribution in [0.1, 0.15) is 17.4 Å². The predicted octanol–water partition coefficient (Wildman–Crippen LogP) is 2.33. The molecule has 1 aromatic carbocycles. The van der Waals surface area contributed by atoms with E-state index in [4.69, 9.17) is 4.74 Å². The number of hydrogen-bond donors (Lipinski definition) is 1. The summed E-state index contributed by atoms with van der Waals surface area (Å²) in [5, 5.41) is 6.27. The summed E-state index contributed by atoms with van der Waals surface area (Å²) in [7, 11) is 0. The Labute approximate surface area is 98.4 Å². The van der Waals surface area contributed by atoms with Crippen LogP contribution in [0.2, 0.25) is 0 Å². The summed E-state index contributed by atoms with van der Waals surface area (Å²) < 4.78 is 10.0. The Bertz CT molecular complexity index is 494. The fourth-order valence-electron chi connectivity index (χ4n) is 1.37. The molecule has 0 aliphatic carbocycles. The van der Waals surface area contributed by atoms with Crippen LogP contribution in [0.15, 0.2) is 41.1 Å². The van der Waals surface area contributed by atoms with Crippen LogP contribution in [-0.4, -0.2) is 17.7 Å². The summed E-state index contributed by atoms with van der Waals surface area (Å²) in [6, 6.07) is 8.72. The van der Waals surface area contributed by atoms with Gasteiger partial charge in [-0.15, -0.1) is 0 Å². The van der Waals surface area contributed by atoms with E-state index < -0.39 is 0 Å². The van der Waals surface area contributed by atoms with Gasteiger partial charge >= 0.3 is 0 Å². The average molecular weight is 232 g/mol. The minimum absolute atomic E-state index is 0.233. The van der Waals surface area contributed by atoms with Crippen molar-refractivity contribution in [2.24, 2.45) is 0 Å². The number of para-hydroxylation sites is 2. The number of amides is 1. The molecule has 1 amide bonds. The normalized spacial score (nSPS) is 9.94. The molecule has 17 heavy (non-hydrogen) atoms. The van der Waals surface area contributed by atoms with Gasteiger partial charge in [0.25, 0.3) is 5.91 Å². The number of ether oxygens (including phenoxy) is 1. The molecular weight excluding hydrogens is 220 g/mol. The summed E-state index contributed by atoms with van der Waals surface area (Å²) in [5.41, 5.74) is 0.846. The number of benzene rings is 1. The molecule has 5 heteroatoms. The first-order chi connectivity index (χ1) is 8.31. The molecule has 1 aromatic heterocycles. The van der Waals surface area contributed by atoms with Crippen molar-refractivity contribution in [1.82, 2.24) is 5.16 Å². The maximum Gasteiger partial charge on any atom is 0.277 e. The smallest absolute Gasteiger partial charge is 0.277 e. The zero-order chi connectivity index (χ0) is 12.1. The van der Waals surface area contributed by atoms with Gasteiger partial charge in [0, 0.05) is 6.07 Å². The summed E-state index contributed by atoms with van der Waals surface area (Å²) in [6.45, 7) is 2.42. The topological polar surface area (TPSA) is 64.4 Å². The molecule has 0 aliphatic heterocycles. The third-order valence-corrected chi connectivity index (χ3v) is 2.11. The first kappa shape index (κ1) is 11.2. The van der Waals surface area contributed by atoms with Crippen molar-refractivity contribution < 1.29 is 14.1 Å². The Balaban J connectivity index is 2.15. The van der Waals surface area contributed by atoms with Gasteiger partial charge in [0.15, 0.2) is 5.69 Å². The van der Waals surface area contributed by atoms with Crippen LogP contribution in [-0.2, 0) is 0 Å². The average Bonchev–Trinajstić information content (AvgIpc) is 2.85. The second kappa shape index (κ2) is 5.16. The lowest BCUT2D eigenvalue weighted by Gasteiger charge is -2.09. The zero-order valence-corrected chi connectivity index (χ0v) is 9.34. The third kappa shape index (κ3) is 2.63. The molecule has 2 aromatic rings. The summed E-state index contributed by atoms with van der Waals surface area (Å²) in [5.74, 6) is 0.303. The summed E-state index contributed by atoms with van der Waals surface area (Å²) >= 11 is 0. The van der Waals surface area contributed by atoms with Crippen molar-refractivity contribution in [1.29, 1.82) is 0 Å². The standard InChI is InChI=1S/C12H12N2O3/c1-2-16-11-6-4-3-5-9(11)13-12(15)10-7-8-17-14-10/h3-8H,2H2,1H3,(H,13,15). The lowest BCUT2D eigenvalue weighted by Crippen LogP contribution is -2.13. The molecule has 0 saturated heterocycles. The van der Waals surface area contributed by atoms with Gasteiger partial charge in [-0.1, -0.05) is 17.3 Å². The van der Waals surface area contributed by atoms with E-state index in [1.165, 1.54) is 12.3 Å². The third-order valence-electron chi connectivity index (χ3n) is 2.11. The van der Waals surface area contributed by atoms with Gasteiger partial charge in [0.05, 0.1) is 12.3 Å². The summed E-state index contributed by atoms with van der Waals surface area (Å²) in [4.78, 5) is 11.7. The molecule has 1 heterocycles. The van der Waals surface area contributed by atoms with Crippen molar-refractivity contribution >= 4 is 11.6 Å². The van der Waals surface area contributed by atoms with Crippen molar-refractivity contribution in [2.45, 2.75) is 6.92 Å². The molecular formula is C12H12N2O3. The lowest BCUT2D eigenvalue weighted by molar-refractivity contribution is 0.101. The van der Waals surface area contributed by atoms with Crippen molar-refractivity contribution in [3.05, 3.63) is 42.3 Å². The number of rotatable bonds is 4. The number of hydrogen-bond acceptors (Lipinski definition) is 4. The van der Waals surface area contributed by atoms with Gasteiger partial charge in [-0.05, 0) is 19.1 Å². The number of carbonyl (C=O) groups is 1. The summed E-state index contributed by atoms with van der Waals surface area (Å²) in [6.07, 6.45) is 1.35. The number of anilines is 1. The van der Waals surface area contributed by atoms with Crippen LogP contribution in [0, 0.1) is 0 Å². The Morgan fingerprint density at radius 1 is 1.41 bits per heavy atom. The van der Waals surface area contributed by atoms with Gasteiger partial charge in [0.2, 0.25) is 0 Å². The van der Waals surface area contributed by atoms with E-state index >= 15 is 0 Å². The van der Waals surface area contributed by atoms with Crippen LogP contribution in [0.4, 0.5) is 5.69 Å². The Hall–Kier alpha value is -2.30. The van der Waals surface area contributed by atoms with Crippen LogP contribution in [0.25, 0.3) is 0 Å². The molecule has 2 rings (SSSR count). The van der Waals surface area contributed by atoms with E-state index in [2.05, 4.69) is 15.0 Å². The number of nitrogens with one attached hydrogen (secondary N) is 1. The van der Waals surface area contributed by atoms with Crippen molar-refractivity contribution in [3.63, 3.8) is 0 Å². The number of nitrogens with zero attached hydrogens (tertiary/aromatic N) is 1. The second-order valence-electron chi connectivity index (χ2n) is 3.27. The molecule has 5 nitrogen and oxygen atoms in total. The van der Waals surface area contributed by atoms with E-state index in [1.54, 1.807) is 12.1 Å². The first-order valence-corrected chi connectivity index (χ1v) is 5.25. The van der Waals surface area contributed by atoms with Crippen LogP contribution < -0.4 is 10.1 Å². The fourth-order valence-corrected chi connectivity index (χ4v) is 1.37. The molecule has 0 radical (unpaired) electrons. The van der Waals surface area contributed by atoms with E-state index in [1.807, 2.05) is 19.1 Å². The fraction of sp³-hybridized carbons (Fsp3) is 0.167. The molecule has 0 atom stereocenters. The quantitative estimate of drug-likeness (QED) is 0.878. The van der Waals surface area contributed by atoms with Gasteiger partial charge in [-0.25, -0.2) is 0 Å². The second-order valence-corrected chi connectivity index (χ2v) is 3.27. The van der Waals surface area contributed by atoms with Gasteiger partial charge in [-0.3, -0.25) is 4.79 Å². The zero-order valence-electron chi connectivity index (χ0n) is 9.34. The van der Waals surface area contributed by atoms with Crippen molar-refractivity contribution in [3.8, 4) is 5.75 Å². The van der Waals surface area contributed by atoms with Crippen LogP contribution >= 0.6 is 0 Å². The van der Waals surface area contributed by atoms with E-state index in [-0.39, 0.29) is 11.6 Å². The number of carbonyl (C=O) groups excluding carboxylic acids is 1. The molecule has 0 bridgehead atoms. The van der Waals surface area contributed by atoms with Gasteiger partial charge < -0.3 is 14.6 Å². The van der Waals surface area contributed by atoms with Gasteiger partial charge in [-0.2, -0.15) is 0 Å². The highest BCUT2D eigenvalue weighted by Crippen LogP contribution is 2.23. The molecule has 0 spiro atoms. The largest absolute Gasteiger partial charge is 0.492 e. The molecule has 0 unspecified atom stereocenters. The lowest BCUT2D eigenvalue weighted by atomic mass is 10.3. The predicted molar refractivity (Wildman–Crippen MR) is 62.1 cm³/mol. The van der Waals surface area contributed by atoms with Crippen LogP contribution in [0.3, 0.4) is 0 Å². The highest BCUT2D eigenvalue weighted by atomic mass is 16.5. The SMILES string of the molecule is CCOc1ccccc1NC(=O)c1ccon1. The monoisotopic (exact) mass is 232 g/mol. The minimum Gasteiger partial charge on any atom is -0.492 e.